The highest BCUT2D eigenvalue weighted by Gasteiger charge is 2.29. The molecule has 3 rings (SSSR count). The maximum atomic E-state index is 12.3. The number of aromatic nitrogens is 1. The zero-order valence-electron chi connectivity index (χ0n) is 13.9. The number of anilines is 1. The third-order valence-corrected chi connectivity index (χ3v) is 4.97. The first kappa shape index (κ1) is 17.1. The van der Waals surface area contributed by atoms with Crippen LogP contribution >= 0.6 is 0 Å². The number of hydrogen-bond acceptors (Lipinski definition) is 3. The van der Waals surface area contributed by atoms with E-state index >= 15 is 0 Å². The lowest BCUT2D eigenvalue weighted by Gasteiger charge is -2.10. The lowest BCUT2D eigenvalue weighted by atomic mass is 9.97. The van der Waals surface area contributed by atoms with Gasteiger partial charge < -0.3 is 10.4 Å². The molecule has 1 heterocycles. The maximum absolute atomic E-state index is 12.3. The molecule has 0 spiro atoms. The van der Waals surface area contributed by atoms with Crippen molar-refractivity contribution in [3.63, 3.8) is 0 Å². The van der Waals surface area contributed by atoms with Gasteiger partial charge in [-0.1, -0.05) is 19.1 Å². The van der Waals surface area contributed by atoms with Crippen LogP contribution in [0.2, 0.25) is 0 Å². The maximum Gasteiger partial charge on any atom is 0.255 e. The number of alkyl halides is 2. The number of fused-ring (bicyclic) bond motifs is 1. The van der Waals surface area contributed by atoms with E-state index in [2.05, 4.69) is 23.3 Å². The van der Waals surface area contributed by atoms with Crippen molar-refractivity contribution in [1.29, 1.82) is 0 Å². The molecule has 1 aromatic heterocycles. The first-order valence-electron chi connectivity index (χ1n) is 8.61. The lowest BCUT2D eigenvalue weighted by Crippen LogP contribution is -2.11. The zero-order valence-corrected chi connectivity index (χ0v) is 13.9. The van der Waals surface area contributed by atoms with E-state index in [1.165, 1.54) is 5.56 Å². The standard InChI is InChI=1S/C19H24F2N2O/c1-12-8-14(10-17(12)24)3-2-13-4-5-15-6-7-19(22-11-18(20)21)23-16(15)9-13/h4-7,9,12,14,17-18,24H,2-3,8,10-11H2,1H3,(H,22,23)/t12-,14+,17-/m1/s1. The van der Waals surface area contributed by atoms with Gasteiger partial charge in [-0.05, 0) is 61.3 Å². The highest BCUT2D eigenvalue weighted by molar-refractivity contribution is 5.80. The van der Waals surface area contributed by atoms with Crippen molar-refractivity contribution in [3.8, 4) is 0 Å². The summed E-state index contributed by atoms with van der Waals surface area (Å²) in [7, 11) is 0. The number of rotatable bonds is 6. The number of nitrogens with zero attached hydrogens (tertiary/aromatic N) is 1. The van der Waals surface area contributed by atoms with Crippen molar-refractivity contribution in [3.05, 3.63) is 35.9 Å². The summed E-state index contributed by atoms with van der Waals surface area (Å²) in [6, 6.07) is 9.80. The van der Waals surface area contributed by atoms with Crippen molar-refractivity contribution < 1.29 is 13.9 Å². The Kier molecular flexibility index (Phi) is 5.29. The molecule has 130 valence electrons. The van der Waals surface area contributed by atoms with Gasteiger partial charge in [-0.3, -0.25) is 0 Å². The fourth-order valence-corrected chi connectivity index (χ4v) is 3.56. The summed E-state index contributed by atoms with van der Waals surface area (Å²) in [6.07, 6.45) is 1.46. The van der Waals surface area contributed by atoms with Crippen molar-refractivity contribution in [2.45, 2.75) is 45.1 Å². The Morgan fingerprint density at radius 3 is 2.75 bits per heavy atom. The van der Waals surface area contributed by atoms with Crippen molar-refractivity contribution in [1.82, 2.24) is 4.98 Å². The van der Waals surface area contributed by atoms with Crippen LogP contribution in [0, 0.1) is 11.8 Å². The molecule has 0 bridgehead atoms. The average Bonchev–Trinajstić information content (AvgIpc) is 2.88. The fraction of sp³-hybridized carbons (Fsp3) is 0.526. The van der Waals surface area contributed by atoms with Gasteiger partial charge in [0.2, 0.25) is 0 Å². The minimum absolute atomic E-state index is 0.156. The second-order valence-electron chi connectivity index (χ2n) is 6.92. The first-order valence-corrected chi connectivity index (χ1v) is 8.61. The molecule has 0 unspecified atom stereocenters. The Hall–Kier alpha value is -1.75. The number of nitrogens with one attached hydrogen (secondary N) is 1. The normalized spacial score (nSPS) is 24.0. The molecule has 5 heteroatoms. The molecule has 1 fully saturated rings. The van der Waals surface area contributed by atoms with Gasteiger partial charge in [-0.2, -0.15) is 0 Å². The topological polar surface area (TPSA) is 45.2 Å². The molecule has 0 amide bonds. The number of halogens is 2. The van der Waals surface area contributed by atoms with E-state index in [4.69, 9.17) is 0 Å². The highest BCUT2D eigenvalue weighted by atomic mass is 19.3. The second kappa shape index (κ2) is 7.43. The molecule has 1 aromatic carbocycles. The Morgan fingerprint density at radius 1 is 1.25 bits per heavy atom. The minimum atomic E-state index is -2.39. The molecule has 0 aliphatic heterocycles. The molecular formula is C19H24F2N2O. The number of benzene rings is 1. The molecule has 0 saturated heterocycles. The van der Waals surface area contributed by atoms with Crippen LogP contribution in [-0.2, 0) is 6.42 Å². The van der Waals surface area contributed by atoms with E-state index in [1.54, 1.807) is 6.07 Å². The lowest BCUT2D eigenvalue weighted by molar-refractivity contribution is 0.139. The summed E-state index contributed by atoms with van der Waals surface area (Å²) in [5, 5.41) is 13.5. The third-order valence-electron chi connectivity index (χ3n) is 4.97. The summed E-state index contributed by atoms with van der Waals surface area (Å²) >= 11 is 0. The third kappa shape index (κ3) is 4.20. The summed E-state index contributed by atoms with van der Waals surface area (Å²) in [5.74, 6) is 1.46. The summed E-state index contributed by atoms with van der Waals surface area (Å²) < 4.78 is 24.6. The SMILES string of the molecule is C[C@@H]1C[C@H](CCc2ccc3ccc(NCC(F)F)nc3c2)C[C@H]1O. The van der Waals surface area contributed by atoms with Gasteiger partial charge in [0.1, 0.15) is 5.82 Å². The Morgan fingerprint density at radius 2 is 2.04 bits per heavy atom. The van der Waals surface area contributed by atoms with Gasteiger partial charge in [-0.25, -0.2) is 13.8 Å². The minimum Gasteiger partial charge on any atom is -0.393 e. The van der Waals surface area contributed by atoms with Crippen LogP contribution in [0.25, 0.3) is 10.9 Å². The summed E-state index contributed by atoms with van der Waals surface area (Å²) in [6.45, 7) is 1.72. The van der Waals surface area contributed by atoms with Crippen molar-refractivity contribution in [2.75, 3.05) is 11.9 Å². The molecule has 2 aromatic rings. The number of hydrogen-bond donors (Lipinski definition) is 2. The van der Waals surface area contributed by atoms with Gasteiger partial charge >= 0.3 is 0 Å². The first-order chi connectivity index (χ1) is 11.5. The van der Waals surface area contributed by atoms with Crippen LogP contribution in [0.15, 0.2) is 30.3 Å². The Labute approximate surface area is 141 Å². The van der Waals surface area contributed by atoms with Crippen molar-refractivity contribution >= 4 is 16.7 Å². The second-order valence-corrected chi connectivity index (χ2v) is 6.92. The van der Waals surface area contributed by atoms with Gasteiger partial charge in [0.05, 0.1) is 18.2 Å². The highest BCUT2D eigenvalue weighted by Crippen LogP contribution is 2.34. The van der Waals surface area contributed by atoms with E-state index in [1.807, 2.05) is 18.2 Å². The average molecular weight is 334 g/mol. The largest absolute Gasteiger partial charge is 0.393 e. The van der Waals surface area contributed by atoms with Gasteiger partial charge in [-0.15, -0.1) is 0 Å². The summed E-state index contributed by atoms with van der Waals surface area (Å²) in [5.41, 5.74) is 2.03. The van der Waals surface area contributed by atoms with E-state index < -0.39 is 6.43 Å². The van der Waals surface area contributed by atoms with Gasteiger partial charge in [0.15, 0.2) is 0 Å². The Bertz CT molecular complexity index is 682. The van der Waals surface area contributed by atoms with Crippen LogP contribution in [0.3, 0.4) is 0 Å². The van der Waals surface area contributed by atoms with Gasteiger partial charge in [0.25, 0.3) is 6.43 Å². The monoisotopic (exact) mass is 334 g/mol. The molecule has 24 heavy (non-hydrogen) atoms. The predicted molar refractivity (Wildman–Crippen MR) is 92.5 cm³/mol. The molecule has 3 nitrogen and oxygen atoms in total. The number of aliphatic hydroxyl groups is 1. The van der Waals surface area contributed by atoms with E-state index in [0.717, 1.165) is 36.6 Å². The van der Waals surface area contributed by atoms with Crippen LogP contribution in [-0.4, -0.2) is 29.2 Å². The van der Waals surface area contributed by atoms with E-state index in [0.29, 0.717) is 17.7 Å². The van der Waals surface area contributed by atoms with Gasteiger partial charge in [0, 0.05) is 5.39 Å². The van der Waals surface area contributed by atoms with Crippen molar-refractivity contribution in [2.24, 2.45) is 11.8 Å². The Balaban J connectivity index is 1.65. The number of aryl methyl sites for hydroxylation is 1. The molecule has 1 aliphatic carbocycles. The zero-order chi connectivity index (χ0) is 17.1. The molecular weight excluding hydrogens is 310 g/mol. The molecule has 3 atom stereocenters. The predicted octanol–water partition coefficient (Wildman–Crippen LogP) is 4.25. The quantitative estimate of drug-likeness (QED) is 0.830. The smallest absolute Gasteiger partial charge is 0.255 e. The van der Waals surface area contributed by atoms with Crippen LogP contribution < -0.4 is 5.32 Å². The van der Waals surface area contributed by atoms with Crippen LogP contribution in [0.1, 0.15) is 31.7 Å². The van der Waals surface area contributed by atoms with E-state index in [9.17, 15) is 13.9 Å². The fourth-order valence-electron chi connectivity index (χ4n) is 3.56. The van der Waals surface area contributed by atoms with Crippen LogP contribution in [0.4, 0.5) is 14.6 Å². The summed E-state index contributed by atoms with van der Waals surface area (Å²) in [4.78, 5) is 4.43. The molecule has 1 saturated carbocycles. The molecule has 0 radical (unpaired) electrons. The van der Waals surface area contributed by atoms with Crippen LogP contribution in [0.5, 0.6) is 0 Å². The number of pyridine rings is 1. The molecule has 2 N–H and O–H groups in total. The molecule has 1 aliphatic rings. The number of aliphatic hydroxyl groups excluding tert-OH is 1. The van der Waals surface area contributed by atoms with E-state index in [-0.39, 0.29) is 12.6 Å².